The Hall–Kier alpha value is -3.62. The zero-order valence-corrected chi connectivity index (χ0v) is 18.3. The molecule has 168 valence electrons. The monoisotopic (exact) mass is 443 g/mol. The highest BCUT2D eigenvalue weighted by molar-refractivity contribution is 6.06. The summed E-state index contributed by atoms with van der Waals surface area (Å²) in [6, 6.07) is 13.3. The molecule has 1 aliphatic rings. The van der Waals surface area contributed by atoms with E-state index >= 15 is 0 Å². The highest BCUT2D eigenvalue weighted by atomic mass is 16.5. The quantitative estimate of drug-likeness (QED) is 0.491. The average molecular weight is 444 g/mol. The van der Waals surface area contributed by atoms with Gasteiger partial charge in [0.2, 0.25) is 0 Å². The van der Waals surface area contributed by atoms with E-state index in [1.165, 1.54) is 0 Å². The highest BCUT2D eigenvalue weighted by Crippen LogP contribution is 2.23. The molecule has 8 heteroatoms. The fourth-order valence-electron chi connectivity index (χ4n) is 4.13. The predicted molar refractivity (Wildman–Crippen MR) is 124 cm³/mol. The Morgan fingerprint density at radius 1 is 1.18 bits per heavy atom. The zero-order valence-electron chi connectivity index (χ0n) is 18.3. The largest absolute Gasteiger partial charge is 0.389 e. The molecular formula is C25H25N5O3. The number of pyridine rings is 2. The lowest BCUT2D eigenvalue weighted by Gasteiger charge is -2.28. The minimum atomic E-state index is -0.714. The van der Waals surface area contributed by atoms with Gasteiger partial charge in [0.25, 0.3) is 5.91 Å². The van der Waals surface area contributed by atoms with Crippen molar-refractivity contribution >= 4 is 16.8 Å². The summed E-state index contributed by atoms with van der Waals surface area (Å²) < 4.78 is 7.02. The van der Waals surface area contributed by atoms with E-state index < -0.39 is 6.10 Å². The van der Waals surface area contributed by atoms with Crippen molar-refractivity contribution in [3.63, 3.8) is 0 Å². The van der Waals surface area contributed by atoms with Crippen LogP contribution in [0.2, 0.25) is 0 Å². The van der Waals surface area contributed by atoms with Gasteiger partial charge in [-0.1, -0.05) is 12.1 Å². The minimum absolute atomic E-state index is 0.228. The summed E-state index contributed by atoms with van der Waals surface area (Å²) in [6.45, 7) is 0.744. The molecular weight excluding hydrogens is 418 g/mol. The predicted octanol–water partition coefficient (Wildman–Crippen LogP) is 2.50. The first-order valence-electron chi connectivity index (χ1n) is 11.0. The molecule has 4 aromatic rings. The van der Waals surface area contributed by atoms with Crippen LogP contribution >= 0.6 is 0 Å². The second kappa shape index (κ2) is 9.09. The SMILES string of the molecule is Cn1ccc(-c2ccc(Cc3cc(C(=O)N[C@H]4CCOC[C@@H]4O)c4ncccc4c3)cn2)n1. The summed E-state index contributed by atoms with van der Waals surface area (Å²) in [6.07, 6.45) is 5.90. The van der Waals surface area contributed by atoms with Crippen molar-refractivity contribution in [1.29, 1.82) is 0 Å². The molecule has 0 spiro atoms. The van der Waals surface area contributed by atoms with Gasteiger partial charge in [0.1, 0.15) is 5.69 Å². The van der Waals surface area contributed by atoms with Crippen molar-refractivity contribution in [2.75, 3.05) is 13.2 Å². The van der Waals surface area contributed by atoms with Gasteiger partial charge >= 0.3 is 0 Å². The summed E-state index contributed by atoms with van der Waals surface area (Å²) in [7, 11) is 1.88. The van der Waals surface area contributed by atoms with Crippen molar-refractivity contribution in [1.82, 2.24) is 25.1 Å². The molecule has 0 unspecified atom stereocenters. The van der Waals surface area contributed by atoms with Crippen molar-refractivity contribution in [2.45, 2.75) is 25.0 Å². The molecule has 0 bridgehead atoms. The van der Waals surface area contributed by atoms with Crippen molar-refractivity contribution < 1.29 is 14.6 Å². The molecule has 3 aromatic heterocycles. The average Bonchev–Trinajstić information content (AvgIpc) is 3.27. The number of fused-ring (bicyclic) bond motifs is 1. The van der Waals surface area contributed by atoms with Crippen LogP contribution in [0, 0.1) is 0 Å². The van der Waals surface area contributed by atoms with E-state index in [-0.39, 0.29) is 18.6 Å². The van der Waals surface area contributed by atoms with Gasteiger partial charge in [-0.25, -0.2) is 0 Å². The van der Waals surface area contributed by atoms with E-state index in [1.807, 2.05) is 55.8 Å². The molecule has 8 nitrogen and oxygen atoms in total. The summed E-state index contributed by atoms with van der Waals surface area (Å²) in [5.41, 5.74) is 4.81. The lowest BCUT2D eigenvalue weighted by molar-refractivity contribution is -0.0260. The number of aryl methyl sites for hydroxylation is 1. The van der Waals surface area contributed by atoms with Gasteiger partial charge < -0.3 is 15.2 Å². The Labute approximate surface area is 191 Å². The van der Waals surface area contributed by atoms with Gasteiger partial charge in [-0.3, -0.25) is 19.4 Å². The van der Waals surface area contributed by atoms with Crippen LogP contribution in [0.1, 0.15) is 27.9 Å². The molecule has 0 aliphatic carbocycles. The topological polar surface area (TPSA) is 102 Å². The second-order valence-corrected chi connectivity index (χ2v) is 8.33. The normalized spacial score (nSPS) is 18.4. The number of carbonyl (C=O) groups excluding carboxylic acids is 1. The van der Waals surface area contributed by atoms with Crippen LogP contribution in [-0.2, 0) is 18.2 Å². The van der Waals surface area contributed by atoms with E-state index in [1.54, 1.807) is 10.9 Å². The Balaban J connectivity index is 1.41. The van der Waals surface area contributed by atoms with Gasteiger partial charge in [0.05, 0.1) is 35.5 Å². The van der Waals surface area contributed by atoms with Crippen LogP contribution in [0.15, 0.2) is 61.1 Å². The van der Waals surface area contributed by atoms with E-state index in [0.717, 1.165) is 27.9 Å². The molecule has 0 saturated carbocycles. The Kier molecular flexibility index (Phi) is 5.85. The molecule has 1 amide bonds. The molecule has 5 rings (SSSR count). The summed E-state index contributed by atoms with van der Waals surface area (Å²) in [5.74, 6) is -0.241. The highest BCUT2D eigenvalue weighted by Gasteiger charge is 2.26. The number of aliphatic hydroxyl groups is 1. The zero-order chi connectivity index (χ0) is 22.8. The molecule has 2 atom stereocenters. The maximum Gasteiger partial charge on any atom is 0.253 e. The van der Waals surface area contributed by atoms with E-state index in [2.05, 4.69) is 26.4 Å². The first-order chi connectivity index (χ1) is 16.1. The standard InChI is InChI=1S/C25H25N5O3/c1-30-9-6-21(29-30)20-5-4-16(14-27-20)11-17-12-18-3-2-8-26-24(18)19(13-17)25(32)28-22-7-10-33-15-23(22)31/h2-6,8-9,12-14,22-23,31H,7,10-11,15H2,1H3,(H,28,32)/t22-,23-/m0/s1. The molecule has 33 heavy (non-hydrogen) atoms. The summed E-state index contributed by atoms with van der Waals surface area (Å²) in [4.78, 5) is 22.2. The van der Waals surface area contributed by atoms with Crippen LogP contribution in [0.5, 0.6) is 0 Å². The number of ether oxygens (including phenoxy) is 1. The maximum absolute atomic E-state index is 13.2. The number of aliphatic hydroxyl groups excluding tert-OH is 1. The fourth-order valence-corrected chi connectivity index (χ4v) is 4.13. The number of amides is 1. The van der Waals surface area contributed by atoms with Crippen LogP contribution in [-0.4, -0.2) is 56.1 Å². The van der Waals surface area contributed by atoms with Crippen molar-refractivity contribution in [2.24, 2.45) is 7.05 Å². The number of nitrogens with one attached hydrogen (secondary N) is 1. The summed E-state index contributed by atoms with van der Waals surface area (Å²) >= 11 is 0. The Morgan fingerprint density at radius 2 is 2.09 bits per heavy atom. The number of hydrogen-bond acceptors (Lipinski definition) is 6. The number of rotatable bonds is 5. The van der Waals surface area contributed by atoms with Gasteiger partial charge in [0.15, 0.2) is 0 Å². The molecule has 1 saturated heterocycles. The van der Waals surface area contributed by atoms with Crippen LogP contribution in [0.4, 0.5) is 0 Å². The van der Waals surface area contributed by atoms with Crippen molar-refractivity contribution in [3.8, 4) is 11.4 Å². The molecule has 1 aliphatic heterocycles. The fraction of sp³-hybridized carbons (Fsp3) is 0.280. The number of hydrogen-bond donors (Lipinski definition) is 2. The van der Waals surface area contributed by atoms with Crippen LogP contribution in [0.25, 0.3) is 22.3 Å². The lowest BCUT2D eigenvalue weighted by atomic mass is 9.99. The summed E-state index contributed by atoms with van der Waals surface area (Å²) in [5, 5.41) is 18.4. The lowest BCUT2D eigenvalue weighted by Crippen LogP contribution is -2.48. The number of nitrogens with zero attached hydrogens (tertiary/aromatic N) is 4. The minimum Gasteiger partial charge on any atom is -0.389 e. The smallest absolute Gasteiger partial charge is 0.253 e. The number of aromatic nitrogens is 4. The Morgan fingerprint density at radius 3 is 2.85 bits per heavy atom. The molecule has 2 N–H and O–H groups in total. The first kappa shape index (κ1) is 21.2. The van der Waals surface area contributed by atoms with Crippen molar-refractivity contribution in [3.05, 3.63) is 77.7 Å². The molecule has 0 radical (unpaired) electrons. The van der Waals surface area contributed by atoms with Crippen LogP contribution < -0.4 is 5.32 Å². The third-order valence-corrected chi connectivity index (χ3v) is 5.86. The molecule has 4 heterocycles. The van der Waals surface area contributed by atoms with E-state index in [9.17, 15) is 9.90 Å². The van der Waals surface area contributed by atoms with E-state index in [4.69, 9.17) is 4.74 Å². The van der Waals surface area contributed by atoms with Crippen LogP contribution in [0.3, 0.4) is 0 Å². The third kappa shape index (κ3) is 4.62. The van der Waals surface area contributed by atoms with Gasteiger partial charge in [-0.05, 0) is 54.3 Å². The maximum atomic E-state index is 13.2. The second-order valence-electron chi connectivity index (χ2n) is 8.33. The van der Waals surface area contributed by atoms with E-state index in [0.29, 0.717) is 30.5 Å². The molecule has 1 fully saturated rings. The number of benzene rings is 1. The Bertz CT molecular complexity index is 1280. The van der Waals surface area contributed by atoms with Gasteiger partial charge in [-0.15, -0.1) is 0 Å². The van der Waals surface area contributed by atoms with Gasteiger partial charge in [-0.2, -0.15) is 5.10 Å². The first-order valence-corrected chi connectivity index (χ1v) is 11.0. The molecule has 1 aromatic carbocycles. The van der Waals surface area contributed by atoms with Gasteiger partial charge in [0, 0.05) is 37.6 Å². The number of carbonyl (C=O) groups is 1. The third-order valence-electron chi connectivity index (χ3n) is 5.86.